The number of imidazole rings is 1. The summed E-state index contributed by atoms with van der Waals surface area (Å²) in [6, 6.07) is 66.8. The Morgan fingerprint density at radius 3 is 1.83 bits per heavy atom. The van der Waals surface area contributed by atoms with E-state index in [4.69, 9.17) is 9.72 Å². The fraction of sp³-hybridized carbons (Fsp3) is 0.167. The maximum atomic E-state index is 7.02. The lowest BCUT2D eigenvalue weighted by atomic mass is 9.78. The SMILES string of the molecule is CC(C)(C)c1ccnc(-n2c3ccccc3c3ccc(Oc4cc(-n5[c-][n+](-c6cccc(C(C)(C)c7ccccc7)c6)c(-c6ccccc6)c5)cc(C(C)(C)c5ccccc5)c4)cc32)c1. The molecule has 0 N–H and O–H groups in total. The Balaban J connectivity index is 1.12. The molecule has 0 spiro atoms. The topological polar surface area (TPSA) is 35.9 Å². The van der Waals surface area contributed by atoms with E-state index in [2.05, 4.69) is 263 Å². The first-order chi connectivity index (χ1) is 31.3. The Morgan fingerprint density at radius 1 is 0.492 bits per heavy atom. The zero-order valence-electron chi connectivity index (χ0n) is 38.2. The fourth-order valence-electron chi connectivity index (χ4n) is 9.13. The number of para-hydroxylation sites is 1. The van der Waals surface area contributed by atoms with Crippen LogP contribution in [0.2, 0.25) is 0 Å². The lowest BCUT2D eigenvalue weighted by Crippen LogP contribution is -2.32. The normalized spacial score (nSPS) is 12.2. The van der Waals surface area contributed by atoms with Crippen LogP contribution in [0.4, 0.5) is 0 Å². The number of fused-ring (bicyclic) bond motifs is 3. The lowest BCUT2D eigenvalue weighted by molar-refractivity contribution is -0.588. The molecule has 7 aromatic carbocycles. The first-order valence-corrected chi connectivity index (χ1v) is 22.5. The highest BCUT2D eigenvalue weighted by Crippen LogP contribution is 2.40. The maximum Gasteiger partial charge on any atom is 0.269 e. The van der Waals surface area contributed by atoms with Crippen LogP contribution in [0.25, 0.3) is 50.3 Å². The van der Waals surface area contributed by atoms with E-state index in [1.54, 1.807) is 0 Å². The zero-order valence-corrected chi connectivity index (χ0v) is 38.2. The van der Waals surface area contributed by atoms with Crippen LogP contribution in [-0.2, 0) is 16.2 Å². The summed E-state index contributed by atoms with van der Waals surface area (Å²) in [5.41, 5.74) is 11.7. The molecule has 65 heavy (non-hydrogen) atoms. The van der Waals surface area contributed by atoms with Crippen molar-refractivity contribution in [3.05, 3.63) is 235 Å². The second-order valence-electron chi connectivity index (χ2n) is 19.2. The Kier molecular flexibility index (Phi) is 10.4. The molecule has 0 aliphatic rings. The van der Waals surface area contributed by atoms with Crippen molar-refractivity contribution in [2.24, 2.45) is 0 Å². The Hall–Kier alpha value is -7.50. The van der Waals surface area contributed by atoms with Crippen molar-refractivity contribution in [2.45, 2.75) is 64.7 Å². The molecule has 0 saturated carbocycles. The molecule has 5 heteroatoms. The Bertz CT molecular complexity index is 3320. The van der Waals surface area contributed by atoms with E-state index >= 15 is 0 Å². The van der Waals surface area contributed by atoms with Crippen molar-refractivity contribution in [1.82, 2.24) is 14.1 Å². The van der Waals surface area contributed by atoms with E-state index in [9.17, 15) is 0 Å². The zero-order chi connectivity index (χ0) is 44.9. The molecule has 3 aromatic heterocycles. The van der Waals surface area contributed by atoms with Gasteiger partial charge in [-0.1, -0.05) is 170 Å². The number of hydrogen-bond donors (Lipinski definition) is 0. The van der Waals surface area contributed by atoms with Crippen LogP contribution in [0.5, 0.6) is 11.5 Å². The second-order valence-corrected chi connectivity index (χ2v) is 19.2. The van der Waals surface area contributed by atoms with E-state index in [1.807, 2.05) is 6.20 Å². The molecule has 0 unspecified atom stereocenters. The number of rotatable bonds is 10. The van der Waals surface area contributed by atoms with E-state index in [0.717, 1.165) is 61.9 Å². The number of hydrogen-bond acceptors (Lipinski definition) is 2. The van der Waals surface area contributed by atoms with Crippen molar-refractivity contribution < 1.29 is 9.30 Å². The molecule has 320 valence electrons. The average Bonchev–Trinajstić information content (AvgIpc) is 3.92. The van der Waals surface area contributed by atoms with Crippen LogP contribution in [0.3, 0.4) is 0 Å². The summed E-state index contributed by atoms with van der Waals surface area (Å²) in [6.07, 6.45) is 7.90. The third-order valence-corrected chi connectivity index (χ3v) is 13.2. The summed E-state index contributed by atoms with van der Waals surface area (Å²) in [4.78, 5) is 4.92. The molecule has 10 rings (SSSR count). The molecule has 0 bridgehead atoms. The highest BCUT2D eigenvalue weighted by atomic mass is 16.5. The summed E-state index contributed by atoms with van der Waals surface area (Å²) in [7, 11) is 0. The van der Waals surface area contributed by atoms with Crippen LogP contribution < -0.4 is 9.30 Å². The molecule has 0 fully saturated rings. The van der Waals surface area contributed by atoms with E-state index < -0.39 is 0 Å². The van der Waals surface area contributed by atoms with Gasteiger partial charge in [-0.15, -0.1) is 0 Å². The number of aromatic nitrogens is 4. The first-order valence-electron chi connectivity index (χ1n) is 22.5. The van der Waals surface area contributed by atoms with Gasteiger partial charge in [0.05, 0.1) is 28.1 Å². The van der Waals surface area contributed by atoms with E-state index in [-0.39, 0.29) is 16.2 Å². The van der Waals surface area contributed by atoms with Gasteiger partial charge in [-0.05, 0) is 99.5 Å². The largest absolute Gasteiger partial charge is 0.458 e. The van der Waals surface area contributed by atoms with Gasteiger partial charge in [0.2, 0.25) is 0 Å². The smallest absolute Gasteiger partial charge is 0.269 e. The molecular formula is C60H54N4O. The Morgan fingerprint density at radius 2 is 1.12 bits per heavy atom. The maximum absolute atomic E-state index is 7.02. The Labute approximate surface area is 382 Å². The van der Waals surface area contributed by atoms with Gasteiger partial charge in [0.1, 0.15) is 17.3 Å². The van der Waals surface area contributed by atoms with E-state index in [0.29, 0.717) is 0 Å². The minimum Gasteiger partial charge on any atom is -0.458 e. The third-order valence-electron chi connectivity index (χ3n) is 13.2. The third kappa shape index (κ3) is 7.82. The molecule has 3 heterocycles. The van der Waals surface area contributed by atoms with Crippen molar-refractivity contribution in [1.29, 1.82) is 0 Å². The van der Waals surface area contributed by atoms with Crippen LogP contribution >= 0.6 is 0 Å². The van der Waals surface area contributed by atoms with Gasteiger partial charge in [0.15, 0.2) is 0 Å². The molecule has 10 aromatic rings. The van der Waals surface area contributed by atoms with Crippen LogP contribution in [-0.4, -0.2) is 14.1 Å². The summed E-state index contributed by atoms with van der Waals surface area (Å²) in [5.74, 6) is 2.36. The highest BCUT2D eigenvalue weighted by molar-refractivity contribution is 6.09. The summed E-state index contributed by atoms with van der Waals surface area (Å²) >= 11 is 0. The summed E-state index contributed by atoms with van der Waals surface area (Å²) < 4.78 is 13.6. The summed E-state index contributed by atoms with van der Waals surface area (Å²) in [6.45, 7) is 15.9. The van der Waals surface area contributed by atoms with Crippen LogP contribution in [0.15, 0.2) is 200 Å². The van der Waals surface area contributed by atoms with Gasteiger partial charge in [-0.25, -0.2) is 4.98 Å². The second kappa shape index (κ2) is 16.2. The van der Waals surface area contributed by atoms with Crippen molar-refractivity contribution in [3.8, 4) is 39.9 Å². The number of benzene rings is 7. The minimum atomic E-state index is -0.349. The van der Waals surface area contributed by atoms with Gasteiger partial charge < -0.3 is 4.74 Å². The van der Waals surface area contributed by atoms with Gasteiger partial charge in [-0.2, -0.15) is 0 Å². The van der Waals surface area contributed by atoms with Gasteiger partial charge in [0, 0.05) is 40.1 Å². The molecule has 0 radical (unpaired) electrons. The van der Waals surface area contributed by atoms with Crippen molar-refractivity contribution in [3.63, 3.8) is 0 Å². The van der Waals surface area contributed by atoms with Gasteiger partial charge >= 0.3 is 0 Å². The lowest BCUT2D eigenvalue weighted by Gasteiger charge is -2.27. The van der Waals surface area contributed by atoms with Crippen LogP contribution in [0.1, 0.15) is 76.3 Å². The molecule has 5 nitrogen and oxygen atoms in total. The number of ether oxygens (including phenoxy) is 1. The van der Waals surface area contributed by atoms with Gasteiger partial charge in [-0.3, -0.25) is 13.7 Å². The van der Waals surface area contributed by atoms with Gasteiger partial charge in [0.25, 0.3) is 6.33 Å². The van der Waals surface area contributed by atoms with E-state index in [1.165, 1.54) is 27.6 Å². The molecule has 0 aliphatic carbocycles. The summed E-state index contributed by atoms with van der Waals surface area (Å²) in [5, 5.41) is 2.32. The number of nitrogens with zero attached hydrogens (tertiary/aromatic N) is 4. The van der Waals surface area contributed by atoms with Crippen molar-refractivity contribution in [2.75, 3.05) is 0 Å². The number of pyridine rings is 1. The predicted molar refractivity (Wildman–Crippen MR) is 266 cm³/mol. The van der Waals surface area contributed by atoms with Crippen LogP contribution in [0, 0.1) is 6.33 Å². The average molecular weight is 847 g/mol. The minimum absolute atomic E-state index is 0.0252. The molecule has 0 saturated heterocycles. The predicted octanol–water partition coefficient (Wildman–Crippen LogP) is 14.5. The highest BCUT2D eigenvalue weighted by Gasteiger charge is 2.27. The molecule has 0 amide bonds. The fourth-order valence-corrected chi connectivity index (χ4v) is 9.13. The standard InChI is InChI=1S/C60H54N4O/c1-58(2,3)45-32-33-61-57(37-45)64-54-29-18-17-28-52(54)53-31-30-50(39-55(53)64)65-51-36-47(60(6,7)44-24-15-10-16-25-44)35-49(38-51)62-40-56(42-20-11-8-12-21-42)63(41-62)48-27-19-26-46(34-48)59(4,5)43-22-13-9-14-23-43/h8-40H,1-7H3. The quantitative estimate of drug-likeness (QED) is 0.102. The monoisotopic (exact) mass is 846 g/mol. The van der Waals surface area contributed by atoms with Crippen molar-refractivity contribution >= 4 is 21.8 Å². The molecular weight excluding hydrogens is 793 g/mol. The molecule has 0 atom stereocenters. The molecule has 0 aliphatic heterocycles. The first kappa shape index (κ1) is 41.5.